The molecule has 0 saturated carbocycles. The highest BCUT2D eigenvalue weighted by Gasteiger charge is 2.32. The Balaban J connectivity index is 1.98. The van der Waals surface area contributed by atoms with E-state index in [2.05, 4.69) is 37.4 Å². The molecule has 2 unspecified atom stereocenters. The molecule has 23 heavy (non-hydrogen) atoms. The first kappa shape index (κ1) is 15.9. The lowest BCUT2D eigenvalue weighted by Gasteiger charge is -2.39. The van der Waals surface area contributed by atoms with Crippen LogP contribution in [0, 0.1) is 6.92 Å². The Bertz CT molecular complexity index is 727. The molecule has 1 aliphatic heterocycles. The lowest BCUT2D eigenvalue weighted by molar-refractivity contribution is -0.117. The van der Waals surface area contributed by atoms with Crippen LogP contribution in [0.4, 0.5) is 11.4 Å². The van der Waals surface area contributed by atoms with Crippen molar-refractivity contribution in [2.24, 2.45) is 0 Å². The summed E-state index contributed by atoms with van der Waals surface area (Å²) in [5, 5.41) is 4.31. The molecule has 3 rings (SSSR count). The van der Waals surface area contributed by atoms with E-state index in [0.717, 1.165) is 22.8 Å². The first-order chi connectivity index (χ1) is 11.0. The second-order valence-corrected chi connectivity index (χ2v) is 6.68. The number of amides is 1. The van der Waals surface area contributed by atoms with Gasteiger partial charge in [0.1, 0.15) is 0 Å². The summed E-state index contributed by atoms with van der Waals surface area (Å²) in [6.45, 7) is 5.81. The summed E-state index contributed by atoms with van der Waals surface area (Å²) >= 11 is 5.96. The van der Waals surface area contributed by atoms with Crippen LogP contribution in [0.1, 0.15) is 37.4 Å². The van der Waals surface area contributed by atoms with Gasteiger partial charge in [-0.3, -0.25) is 4.79 Å². The molecular weight excluding hydrogens is 308 g/mol. The SMILES string of the molecule is CC(=O)N1c2ccc(C)cc2C(Nc2ccc(Cl)cc2)CC1C. The van der Waals surface area contributed by atoms with Crippen LogP contribution < -0.4 is 10.2 Å². The monoisotopic (exact) mass is 328 g/mol. The van der Waals surface area contributed by atoms with E-state index in [1.165, 1.54) is 11.1 Å². The number of aryl methyl sites for hydroxylation is 1. The van der Waals surface area contributed by atoms with Crippen molar-refractivity contribution in [3.8, 4) is 0 Å². The highest BCUT2D eigenvalue weighted by atomic mass is 35.5. The molecule has 2 atom stereocenters. The molecule has 4 heteroatoms. The molecule has 0 spiro atoms. The third-order valence-electron chi connectivity index (χ3n) is 4.36. The Hall–Kier alpha value is -2.00. The zero-order valence-corrected chi connectivity index (χ0v) is 14.4. The summed E-state index contributed by atoms with van der Waals surface area (Å²) in [4.78, 5) is 13.9. The molecule has 2 aromatic rings. The van der Waals surface area contributed by atoms with E-state index >= 15 is 0 Å². The van der Waals surface area contributed by atoms with Gasteiger partial charge in [0, 0.05) is 29.4 Å². The van der Waals surface area contributed by atoms with Crippen molar-refractivity contribution in [2.45, 2.75) is 39.3 Å². The summed E-state index contributed by atoms with van der Waals surface area (Å²) in [7, 11) is 0. The Kier molecular flexibility index (Phi) is 4.31. The molecule has 0 aromatic heterocycles. The number of nitrogens with zero attached hydrogens (tertiary/aromatic N) is 1. The zero-order valence-electron chi connectivity index (χ0n) is 13.6. The molecular formula is C19H21ClN2O. The van der Waals surface area contributed by atoms with E-state index in [9.17, 15) is 4.79 Å². The number of nitrogens with one attached hydrogen (secondary N) is 1. The smallest absolute Gasteiger partial charge is 0.224 e. The van der Waals surface area contributed by atoms with Crippen molar-refractivity contribution < 1.29 is 4.79 Å². The molecule has 1 aliphatic rings. The van der Waals surface area contributed by atoms with Crippen molar-refractivity contribution in [2.75, 3.05) is 10.2 Å². The van der Waals surface area contributed by atoms with Crippen molar-refractivity contribution in [1.82, 2.24) is 0 Å². The average molecular weight is 329 g/mol. The summed E-state index contributed by atoms with van der Waals surface area (Å²) < 4.78 is 0. The van der Waals surface area contributed by atoms with Crippen LogP contribution in [0.2, 0.25) is 5.02 Å². The lowest BCUT2D eigenvalue weighted by Crippen LogP contribution is -2.43. The van der Waals surface area contributed by atoms with Crippen LogP contribution in [-0.2, 0) is 4.79 Å². The second-order valence-electron chi connectivity index (χ2n) is 6.24. The maximum atomic E-state index is 12.1. The Morgan fingerprint density at radius 3 is 2.57 bits per heavy atom. The van der Waals surface area contributed by atoms with Gasteiger partial charge in [-0.15, -0.1) is 0 Å². The Morgan fingerprint density at radius 1 is 1.22 bits per heavy atom. The topological polar surface area (TPSA) is 32.3 Å². The molecule has 3 nitrogen and oxygen atoms in total. The summed E-state index contributed by atoms with van der Waals surface area (Å²) in [5.41, 5.74) is 4.42. The number of hydrogen-bond acceptors (Lipinski definition) is 2. The molecule has 0 fully saturated rings. The molecule has 1 amide bonds. The summed E-state index contributed by atoms with van der Waals surface area (Å²) in [6.07, 6.45) is 0.874. The highest BCUT2D eigenvalue weighted by molar-refractivity contribution is 6.30. The van der Waals surface area contributed by atoms with Gasteiger partial charge in [0.25, 0.3) is 0 Å². The van der Waals surface area contributed by atoms with Gasteiger partial charge in [0.05, 0.1) is 6.04 Å². The maximum absolute atomic E-state index is 12.1. The second kappa shape index (κ2) is 6.25. The number of rotatable bonds is 2. The van der Waals surface area contributed by atoms with Crippen LogP contribution in [-0.4, -0.2) is 11.9 Å². The van der Waals surface area contributed by atoms with Crippen LogP contribution in [0.3, 0.4) is 0 Å². The lowest BCUT2D eigenvalue weighted by atomic mass is 9.90. The molecule has 2 aromatic carbocycles. The van der Waals surface area contributed by atoms with Gasteiger partial charge in [-0.2, -0.15) is 0 Å². The molecule has 1 N–H and O–H groups in total. The average Bonchev–Trinajstić information content (AvgIpc) is 2.49. The first-order valence-electron chi connectivity index (χ1n) is 7.88. The van der Waals surface area contributed by atoms with Crippen LogP contribution in [0.15, 0.2) is 42.5 Å². The van der Waals surface area contributed by atoms with Gasteiger partial charge in [0.15, 0.2) is 0 Å². The van der Waals surface area contributed by atoms with Gasteiger partial charge in [0.2, 0.25) is 5.91 Å². The van der Waals surface area contributed by atoms with E-state index in [1.54, 1.807) is 6.92 Å². The molecule has 0 bridgehead atoms. The minimum absolute atomic E-state index is 0.0903. The molecule has 1 heterocycles. The maximum Gasteiger partial charge on any atom is 0.224 e. The van der Waals surface area contributed by atoms with Gasteiger partial charge in [-0.1, -0.05) is 29.3 Å². The number of carbonyl (C=O) groups is 1. The number of halogens is 1. The number of carbonyl (C=O) groups excluding carboxylic acids is 1. The van der Waals surface area contributed by atoms with E-state index < -0.39 is 0 Å². The van der Waals surface area contributed by atoms with E-state index in [1.807, 2.05) is 29.2 Å². The molecule has 0 aliphatic carbocycles. The van der Waals surface area contributed by atoms with Gasteiger partial charge in [-0.05, 0) is 56.2 Å². The van der Waals surface area contributed by atoms with Crippen molar-refractivity contribution in [3.63, 3.8) is 0 Å². The minimum atomic E-state index is 0.0903. The highest BCUT2D eigenvalue weighted by Crippen LogP contribution is 2.39. The Morgan fingerprint density at radius 2 is 1.91 bits per heavy atom. The van der Waals surface area contributed by atoms with Crippen molar-refractivity contribution in [3.05, 3.63) is 58.6 Å². The fourth-order valence-electron chi connectivity index (χ4n) is 3.35. The standard InChI is InChI=1S/C19H21ClN2O/c1-12-4-9-19-17(10-12)18(11-13(2)22(19)14(3)23)21-16-7-5-15(20)6-8-16/h4-10,13,18,21H,11H2,1-3H3. The van der Waals surface area contributed by atoms with Crippen LogP contribution in [0.5, 0.6) is 0 Å². The summed E-state index contributed by atoms with van der Waals surface area (Å²) in [5.74, 6) is 0.0903. The van der Waals surface area contributed by atoms with Crippen LogP contribution in [0.25, 0.3) is 0 Å². The quantitative estimate of drug-likeness (QED) is 0.846. The third-order valence-corrected chi connectivity index (χ3v) is 4.61. The molecule has 120 valence electrons. The largest absolute Gasteiger partial charge is 0.378 e. The van der Waals surface area contributed by atoms with Crippen LogP contribution >= 0.6 is 11.6 Å². The third kappa shape index (κ3) is 3.20. The van der Waals surface area contributed by atoms with Gasteiger partial charge < -0.3 is 10.2 Å². The van der Waals surface area contributed by atoms with Crippen molar-refractivity contribution in [1.29, 1.82) is 0 Å². The predicted octanol–water partition coefficient (Wildman–Crippen LogP) is 4.95. The number of hydrogen-bond donors (Lipinski definition) is 1. The number of anilines is 2. The fourth-order valence-corrected chi connectivity index (χ4v) is 3.47. The zero-order chi connectivity index (χ0) is 16.6. The minimum Gasteiger partial charge on any atom is -0.378 e. The fraction of sp³-hybridized carbons (Fsp3) is 0.316. The summed E-state index contributed by atoms with van der Waals surface area (Å²) in [6, 6.07) is 14.4. The number of benzene rings is 2. The normalized spacial score (nSPS) is 20.1. The molecule has 0 saturated heterocycles. The predicted molar refractivity (Wildman–Crippen MR) is 96.2 cm³/mol. The number of fused-ring (bicyclic) bond motifs is 1. The van der Waals surface area contributed by atoms with Crippen molar-refractivity contribution >= 4 is 28.9 Å². The molecule has 0 radical (unpaired) electrons. The van der Waals surface area contributed by atoms with E-state index in [-0.39, 0.29) is 18.0 Å². The van der Waals surface area contributed by atoms with E-state index in [0.29, 0.717) is 0 Å². The van der Waals surface area contributed by atoms with Gasteiger partial charge in [-0.25, -0.2) is 0 Å². The van der Waals surface area contributed by atoms with Gasteiger partial charge >= 0.3 is 0 Å². The first-order valence-corrected chi connectivity index (χ1v) is 8.26. The Labute approximate surface area is 142 Å². The van der Waals surface area contributed by atoms with E-state index in [4.69, 9.17) is 11.6 Å².